The van der Waals surface area contributed by atoms with E-state index >= 15 is 0 Å². The Balaban J connectivity index is 2.24. The van der Waals surface area contributed by atoms with Crippen molar-refractivity contribution in [2.45, 2.75) is 13.0 Å². The molecule has 0 amide bonds. The topological polar surface area (TPSA) is 12.0 Å². The number of nitrogens with one attached hydrogen (secondary N) is 1. The molecule has 0 saturated heterocycles. The maximum absolute atomic E-state index is 6.13. The summed E-state index contributed by atoms with van der Waals surface area (Å²) in [4.78, 5) is 0. The fourth-order valence-electron chi connectivity index (χ4n) is 1.75. The van der Waals surface area contributed by atoms with Crippen molar-refractivity contribution in [2.24, 2.45) is 0 Å². The van der Waals surface area contributed by atoms with Gasteiger partial charge in [-0.2, -0.15) is 0 Å². The highest BCUT2D eigenvalue weighted by Crippen LogP contribution is 2.31. The number of hydrogen-bond donors (Lipinski definition) is 1. The fourth-order valence-corrected chi connectivity index (χ4v) is 2.72. The zero-order valence-electron chi connectivity index (χ0n) is 9.75. The van der Waals surface area contributed by atoms with Gasteiger partial charge >= 0.3 is 0 Å². The fraction of sp³-hybridized carbons (Fsp3) is 0.143. The van der Waals surface area contributed by atoms with Crippen LogP contribution in [0.25, 0.3) is 0 Å². The molecular weight excluding hydrogens is 333 g/mol. The van der Waals surface area contributed by atoms with Crippen LogP contribution in [0.2, 0.25) is 10.0 Å². The zero-order valence-corrected chi connectivity index (χ0v) is 12.9. The minimum Gasteiger partial charge on any atom is -0.377 e. The molecular formula is C14H12BrCl2N. The molecule has 4 heteroatoms. The van der Waals surface area contributed by atoms with Gasteiger partial charge < -0.3 is 5.32 Å². The van der Waals surface area contributed by atoms with Crippen molar-refractivity contribution in [1.29, 1.82) is 0 Å². The molecule has 0 aliphatic rings. The molecule has 18 heavy (non-hydrogen) atoms. The van der Waals surface area contributed by atoms with E-state index < -0.39 is 0 Å². The van der Waals surface area contributed by atoms with Gasteiger partial charge in [-0.3, -0.25) is 0 Å². The quantitative estimate of drug-likeness (QED) is 0.727. The van der Waals surface area contributed by atoms with Crippen molar-refractivity contribution >= 4 is 44.8 Å². The van der Waals surface area contributed by atoms with E-state index in [9.17, 15) is 0 Å². The summed E-state index contributed by atoms with van der Waals surface area (Å²) in [5.41, 5.74) is 2.01. The molecule has 0 radical (unpaired) electrons. The van der Waals surface area contributed by atoms with Crippen molar-refractivity contribution in [3.8, 4) is 0 Å². The molecule has 0 bridgehead atoms. The lowest BCUT2D eigenvalue weighted by atomic mass is 10.1. The van der Waals surface area contributed by atoms with E-state index in [4.69, 9.17) is 23.2 Å². The van der Waals surface area contributed by atoms with Gasteiger partial charge in [0.1, 0.15) is 0 Å². The lowest BCUT2D eigenvalue weighted by molar-refractivity contribution is 0.879. The van der Waals surface area contributed by atoms with E-state index in [-0.39, 0.29) is 6.04 Å². The minimum absolute atomic E-state index is 0.136. The molecule has 0 spiro atoms. The number of anilines is 1. The van der Waals surface area contributed by atoms with Crippen molar-refractivity contribution < 1.29 is 0 Å². The standard InChI is InChI=1S/C14H12BrCl2N/c1-9(11-4-2-3-5-12(11)15)18-14-8-10(16)6-7-13(14)17/h2-9,18H,1H3. The van der Waals surface area contributed by atoms with Crippen molar-refractivity contribution in [2.75, 3.05) is 5.32 Å². The number of halogens is 3. The maximum atomic E-state index is 6.13. The molecule has 2 rings (SSSR count). The molecule has 1 N–H and O–H groups in total. The van der Waals surface area contributed by atoms with Crippen LogP contribution in [-0.4, -0.2) is 0 Å². The van der Waals surface area contributed by atoms with Crippen LogP contribution < -0.4 is 5.32 Å². The van der Waals surface area contributed by atoms with Gasteiger partial charge in [-0.1, -0.05) is 57.3 Å². The van der Waals surface area contributed by atoms with Gasteiger partial charge in [-0.15, -0.1) is 0 Å². The molecule has 1 atom stereocenters. The lowest BCUT2D eigenvalue weighted by Crippen LogP contribution is -2.07. The van der Waals surface area contributed by atoms with Gasteiger partial charge in [0.25, 0.3) is 0 Å². The molecule has 0 heterocycles. The number of hydrogen-bond acceptors (Lipinski definition) is 1. The SMILES string of the molecule is CC(Nc1cc(Cl)ccc1Cl)c1ccccc1Br. The summed E-state index contributed by atoms with van der Waals surface area (Å²) in [5, 5.41) is 4.69. The predicted molar refractivity (Wildman–Crippen MR) is 82.6 cm³/mol. The lowest BCUT2D eigenvalue weighted by Gasteiger charge is -2.18. The first kappa shape index (κ1) is 13.7. The Morgan fingerprint density at radius 3 is 2.56 bits per heavy atom. The smallest absolute Gasteiger partial charge is 0.0638 e. The first-order valence-corrected chi connectivity index (χ1v) is 7.09. The van der Waals surface area contributed by atoms with Gasteiger partial charge in [0.2, 0.25) is 0 Å². The van der Waals surface area contributed by atoms with Crippen LogP contribution in [-0.2, 0) is 0 Å². The van der Waals surface area contributed by atoms with Gasteiger partial charge in [0.05, 0.1) is 10.7 Å². The minimum atomic E-state index is 0.136. The molecule has 1 nitrogen and oxygen atoms in total. The van der Waals surface area contributed by atoms with E-state index in [0.717, 1.165) is 10.2 Å². The van der Waals surface area contributed by atoms with Crippen molar-refractivity contribution in [3.05, 3.63) is 62.5 Å². The molecule has 1 unspecified atom stereocenters. The highest BCUT2D eigenvalue weighted by molar-refractivity contribution is 9.10. The Morgan fingerprint density at radius 1 is 1.11 bits per heavy atom. The van der Waals surface area contributed by atoms with Crippen LogP contribution in [0.5, 0.6) is 0 Å². The Hall–Kier alpha value is -0.700. The van der Waals surface area contributed by atoms with E-state index in [0.29, 0.717) is 10.0 Å². The average Bonchev–Trinajstić information content (AvgIpc) is 2.34. The van der Waals surface area contributed by atoms with Gasteiger partial charge in [-0.25, -0.2) is 0 Å². The highest BCUT2D eigenvalue weighted by atomic mass is 79.9. The molecule has 0 aliphatic carbocycles. The molecule has 0 fully saturated rings. The summed E-state index contributed by atoms with van der Waals surface area (Å²) in [6, 6.07) is 13.6. The van der Waals surface area contributed by atoms with E-state index in [1.165, 1.54) is 5.56 Å². The molecule has 2 aromatic carbocycles. The number of benzene rings is 2. The Kier molecular flexibility index (Phi) is 4.55. The highest BCUT2D eigenvalue weighted by Gasteiger charge is 2.10. The van der Waals surface area contributed by atoms with E-state index in [1.807, 2.05) is 24.3 Å². The Morgan fingerprint density at radius 2 is 1.83 bits per heavy atom. The summed E-state index contributed by atoms with van der Waals surface area (Å²) >= 11 is 15.6. The Bertz CT molecular complexity index is 557. The van der Waals surface area contributed by atoms with Gasteiger partial charge in [0, 0.05) is 15.5 Å². The summed E-state index contributed by atoms with van der Waals surface area (Å²) in [5.74, 6) is 0. The molecule has 0 aliphatic heterocycles. The summed E-state index contributed by atoms with van der Waals surface area (Å²) < 4.78 is 1.07. The zero-order chi connectivity index (χ0) is 13.1. The number of rotatable bonds is 3. The summed E-state index contributed by atoms with van der Waals surface area (Å²) in [6.45, 7) is 2.08. The molecule has 0 saturated carbocycles. The summed E-state index contributed by atoms with van der Waals surface area (Å²) in [7, 11) is 0. The molecule has 0 aromatic heterocycles. The second-order valence-corrected chi connectivity index (χ2v) is 5.71. The van der Waals surface area contributed by atoms with Gasteiger partial charge in [-0.05, 0) is 36.8 Å². The second kappa shape index (κ2) is 5.96. The largest absolute Gasteiger partial charge is 0.377 e. The van der Waals surface area contributed by atoms with E-state index in [1.54, 1.807) is 12.1 Å². The van der Waals surface area contributed by atoms with Crippen LogP contribution in [0.15, 0.2) is 46.9 Å². The normalized spacial score (nSPS) is 12.2. The van der Waals surface area contributed by atoms with Crippen molar-refractivity contribution in [1.82, 2.24) is 0 Å². The monoisotopic (exact) mass is 343 g/mol. The predicted octanol–water partition coefficient (Wildman–Crippen LogP) is 5.93. The first-order valence-electron chi connectivity index (χ1n) is 5.54. The molecule has 2 aromatic rings. The van der Waals surface area contributed by atoms with Crippen molar-refractivity contribution in [3.63, 3.8) is 0 Å². The second-order valence-electron chi connectivity index (χ2n) is 4.01. The van der Waals surface area contributed by atoms with E-state index in [2.05, 4.69) is 34.2 Å². The molecule has 94 valence electrons. The third kappa shape index (κ3) is 3.19. The third-order valence-corrected chi connectivity index (χ3v) is 3.96. The summed E-state index contributed by atoms with van der Waals surface area (Å²) in [6.07, 6.45) is 0. The first-order chi connectivity index (χ1) is 8.58. The van der Waals surface area contributed by atoms with Crippen LogP contribution in [0, 0.1) is 0 Å². The van der Waals surface area contributed by atoms with Crippen LogP contribution in [0.3, 0.4) is 0 Å². The van der Waals surface area contributed by atoms with Crippen LogP contribution in [0.1, 0.15) is 18.5 Å². The maximum Gasteiger partial charge on any atom is 0.0638 e. The van der Waals surface area contributed by atoms with Gasteiger partial charge in [0.15, 0.2) is 0 Å². The van der Waals surface area contributed by atoms with Crippen LogP contribution >= 0.6 is 39.1 Å². The third-order valence-electron chi connectivity index (χ3n) is 2.67. The average molecular weight is 345 g/mol. The van der Waals surface area contributed by atoms with Crippen LogP contribution in [0.4, 0.5) is 5.69 Å². The Labute approximate surface area is 125 Å².